The monoisotopic (exact) mass is 383 g/mol. The van der Waals surface area contributed by atoms with Gasteiger partial charge in [0.25, 0.3) is 0 Å². The van der Waals surface area contributed by atoms with Crippen LogP contribution < -0.4 is 5.32 Å². The van der Waals surface area contributed by atoms with E-state index < -0.39 is 0 Å². The molecule has 1 N–H and O–H groups in total. The van der Waals surface area contributed by atoms with Crippen molar-refractivity contribution in [1.29, 1.82) is 0 Å². The number of anilines is 2. The van der Waals surface area contributed by atoms with Gasteiger partial charge in [0.05, 0.1) is 11.4 Å². The Morgan fingerprint density at radius 3 is 2.55 bits per heavy atom. The molecule has 29 heavy (non-hydrogen) atoms. The Hall–Kier alpha value is -3.80. The summed E-state index contributed by atoms with van der Waals surface area (Å²) in [6.07, 6.45) is 5.68. The topological polar surface area (TPSA) is 72.7 Å². The van der Waals surface area contributed by atoms with E-state index in [1.54, 1.807) is 24.0 Å². The minimum atomic E-state index is 0.0818. The van der Waals surface area contributed by atoms with Gasteiger partial charge in [0.15, 0.2) is 0 Å². The molecule has 0 atom stereocenters. The number of rotatable bonds is 6. The molecule has 0 unspecified atom stereocenters. The zero-order valence-electron chi connectivity index (χ0n) is 16.3. The molecule has 6 heteroatoms. The van der Waals surface area contributed by atoms with Crippen molar-refractivity contribution in [1.82, 2.24) is 19.7 Å². The Kier molecular flexibility index (Phi) is 5.16. The Balaban J connectivity index is 1.65. The molecule has 2 heterocycles. The third-order valence-electron chi connectivity index (χ3n) is 4.60. The van der Waals surface area contributed by atoms with Crippen molar-refractivity contribution in [2.45, 2.75) is 20.3 Å². The van der Waals surface area contributed by atoms with E-state index in [2.05, 4.69) is 15.4 Å². The number of carbonyl (C=O) groups is 1. The van der Waals surface area contributed by atoms with Gasteiger partial charge in [-0.05, 0) is 49.7 Å². The Morgan fingerprint density at radius 2 is 1.86 bits per heavy atom. The zero-order valence-corrected chi connectivity index (χ0v) is 16.3. The third-order valence-corrected chi connectivity index (χ3v) is 4.60. The summed E-state index contributed by atoms with van der Waals surface area (Å²) in [6, 6.07) is 17.8. The minimum Gasteiger partial charge on any atom is -0.324 e. The van der Waals surface area contributed by atoms with E-state index in [4.69, 9.17) is 4.98 Å². The Bertz CT molecular complexity index is 1130. The van der Waals surface area contributed by atoms with Crippen LogP contribution in [0.25, 0.3) is 16.9 Å². The molecule has 4 rings (SSSR count). The highest BCUT2D eigenvalue weighted by molar-refractivity contribution is 5.81. The fraction of sp³-hybridized carbons (Fsp3) is 0.130. The molecule has 0 aliphatic carbocycles. The molecule has 0 bridgehead atoms. The molecular weight excluding hydrogens is 362 g/mol. The number of nitrogens with zero attached hydrogens (tertiary/aromatic N) is 4. The molecule has 0 amide bonds. The number of ketones is 1. The SMILES string of the molecule is CC(=O)Cc1cnc(Nc2ccc(-n3cccn3)cc2)nc1-c1ccccc1C. The quantitative estimate of drug-likeness (QED) is 0.530. The lowest BCUT2D eigenvalue weighted by atomic mass is 10.00. The van der Waals surface area contributed by atoms with Crippen LogP contribution in [0.2, 0.25) is 0 Å². The van der Waals surface area contributed by atoms with Crippen molar-refractivity contribution in [3.8, 4) is 16.9 Å². The first-order valence-corrected chi connectivity index (χ1v) is 9.38. The van der Waals surface area contributed by atoms with Gasteiger partial charge in [0.2, 0.25) is 5.95 Å². The first kappa shape index (κ1) is 18.6. The molecule has 0 fully saturated rings. The number of hydrogen-bond acceptors (Lipinski definition) is 5. The number of nitrogens with one attached hydrogen (secondary N) is 1. The molecule has 0 saturated carbocycles. The van der Waals surface area contributed by atoms with Crippen LogP contribution in [0.3, 0.4) is 0 Å². The number of aryl methyl sites for hydroxylation is 1. The third kappa shape index (κ3) is 4.21. The highest BCUT2D eigenvalue weighted by atomic mass is 16.1. The molecule has 0 aliphatic heterocycles. The Morgan fingerprint density at radius 1 is 1.07 bits per heavy atom. The maximum absolute atomic E-state index is 11.7. The van der Waals surface area contributed by atoms with Crippen LogP contribution in [0.5, 0.6) is 0 Å². The lowest BCUT2D eigenvalue weighted by Crippen LogP contribution is -2.06. The van der Waals surface area contributed by atoms with Gasteiger partial charge in [0, 0.05) is 41.8 Å². The van der Waals surface area contributed by atoms with Crippen LogP contribution >= 0.6 is 0 Å². The molecule has 144 valence electrons. The number of Topliss-reactive ketones (excluding diaryl/α,β-unsaturated/α-hetero) is 1. The van der Waals surface area contributed by atoms with Crippen molar-refractivity contribution < 1.29 is 4.79 Å². The predicted molar refractivity (Wildman–Crippen MR) is 113 cm³/mol. The van der Waals surface area contributed by atoms with E-state index in [9.17, 15) is 4.79 Å². The first-order valence-electron chi connectivity index (χ1n) is 9.38. The summed E-state index contributed by atoms with van der Waals surface area (Å²) < 4.78 is 1.80. The van der Waals surface area contributed by atoms with Crippen molar-refractivity contribution in [3.05, 3.63) is 84.3 Å². The van der Waals surface area contributed by atoms with Gasteiger partial charge in [-0.15, -0.1) is 0 Å². The second-order valence-electron chi connectivity index (χ2n) is 6.88. The summed E-state index contributed by atoms with van der Waals surface area (Å²) in [4.78, 5) is 20.9. The van der Waals surface area contributed by atoms with E-state index in [1.807, 2.05) is 67.7 Å². The second-order valence-corrected chi connectivity index (χ2v) is 6.88. The van der Waals surface area contributed by atoms with E-state index in [1.165, 1.54) is 0 Å². The van der Waals surface area contributed by atoms with Crippen molar-refractivity contribution in [3.63, 3.8) is 0 Å². The summed E-state index contributed by atoms with van der Waals surface area (Å²) in [5.41, 5.74) is 5.55. The van der Waals surface area contributed by atoms with Gasteiger partial charge in [0.1, 0.15) is 5.78 Å². The van der Waals surface area contributed by atoms with Gasteiger partial charge >= 0.3 is 0 Å². The highest BCUT2D eigenvalue weighted by Gasteiger charge is 2.13. The standard InChI is InChI=1S/C23H21N5O/c1-16-6-3-4-7-21(16)22-18(14-17(2)29)15-24-23(27-22)26-19-8-10-20(11-9-19)28-13-5-12-25-28/h3-13,15H,14H2,1-2H3,(H,24,26,27). The van der Waals surface area contributed by atoms with Crippen LogP contribution in [0.15, 0.2) is 73.2 Å². The molecule has 4 aromatic rings. The van der Waals surface area contributed by atoms with E-state index in [-0.39, 0.29) is 5.78 Å². The molecule has 0 radical (unpaired) electrons. The van der Waals surface area contributed by atoms with Gasteiger partial charge in [-0.1, -0.05) is 24.3 Å². The number of carbonyl (C=O) groups excluding carboxylic acids is 1. The number of aromatic nitrogens is 4. The molecular formula is C23H21N5O. The van der Waals surface area contributed by atoms with Crippen LogP contribution in [-0.4, -0.2) is 25.5 Å². The summed E-state index contributed by atoms with van der Waals surface area (Å²) in [5, 5.41) is 7.48. The molecule has 0 aliphatic rings. The normalized spacial score (nSPS) is 10.7. The predicted octanol–water partition coefficient (Wildman–Crippen LogP) is 4.51. The van der Waals surface area contributed by atoms with Gasteiger partial charge in [-0.3, -0.25) is 4.79 Å². The maximum Gasteiger partial charge on any atom is 0.227 e. The number of benzene rings is 2. The summed E-state index contributed by atoms with van der Waals surface area (Å²) in [6.45, 7) is 3.62. The first-order chi connectivity index (χ1) is 14.1. The van der Waals surface area contributed by atoms with Crippen LogP contribution in [0.4, 0.5) is 11.6 Å². The lowest BCUT2D eigenvalue weighted by molar-refractivity contribution is -0.116. The Labute approximate surface area is 169 Å². The average molecular weight is 383 g/mol. The minimum absolute atomic E-state index is 0.0818. The van der Waals surface area contributed by atoms with E-state index in [0.29, 0.717) is 12.4 Å². The molecule has 6 nitrogen and oxygen atoms in total. The van der Waals surface area contributed by atoms with Gasteiger partial charge in [-0.2, -0.15) is 5.10 Å². The van der Waals surface area contributed by atoms with Crippen LogP contribution in [0, 0.1) is 6.92 Å². The smallest absolute Gasteiger partial charge is 0.227 e. The molecule has 0 saturated heterocycles. The van der Waals surface area contributed by atoms with Crippen LogP contribution in [-0.2, 0) is 11.2 Å². The van der Waals surface area contributed by atoms with E-state index in [0.717, 1.165) is 33.8 Å². The van der Waals surface area contributed by atoms with Crippen molar-refractivity contribution >= 4 is 17.4 Å². The summed E-state index contributed by atoms with van der Waals surface area (Å²) in [5.74, 6) is 0.570. The molecule has 2 aromatic carbocycles. The van der Waals surface area contributed by atoms with Gasteiger partial charge in [-0.25, -0.2) is 14.6 Å². The van der Waals surface area contributed by atoms with Crippen molar-refractivity contribution in [2.75, 3.05) is 5.32 Å². The van der Waals surface area contributed by atoms with Gasteiger partial charge < -0.3 is 5.32 Å². The largest absolute Gasteiger partial charge is 0.324 e. The van der Waals surface area contributed by atoms with E-state index >= 15 is 0 Å². The fourth-order valence-electron chi connectivity index (χ4n) is 3.18. The average Bonchev–Trinajstić information content (AvgIpc) is 3.25. The lowest BCUT2D eigenvalue weighted by Gasteiger charge is -2.13. The summed E-state index contributed by atoms with van der Waals surface area (Å²) >= 11 is 0. The molecule has 2 aromatic heterocycles. The fourth-order valence-corrected chi connectivity index (χ4v) is 3.18. The zero-order chi connectivity index (χ0) is 20.2. The highest BCUT2D eigenvalue weighted by Crippen LogP contribution is 2.27. The van der Waals surface area contributed by atoms with Crippen molar-refractivity contribution in [2.24, 2.45) is 0 Å². The second kappa shape index (κ2) is 8.06. The number of hydrogen-bond donors (Lipinski definition) is 1. The van der Waals surface area contributed by atoms with Crippen LogP contribution in [0.1, 0.15) is 18.1 Å². The maximum atomic E-state index is 11.7. The summed E-state index contributed by atoms with van der Waals surface area (Å²) in [7, 11) is 0. The molecule has 0 spiro atoms.